The summed E-state index contributed by atoms with van der Waals surface area (Å²) in [5.74, 6) is -0.176. The summed E-state index contributed by atoms with van der Waals surface area (Å²) in [5, 5.41) is 3.58. The van der Waals surface area contributed by atoms with Crippen molar-refractivity contribution in [1.82, 2.24) is 4.90 Å². The van der Waals surface area contributed by atoms with E-state index < -0.39 is 0 Å². The van der Waals surface area contributed by atoms with E-state index in [0.717, 1.165) is 35.5 Å². The van der Waals surface area contributed by atoms with Crippen LogP contribution in [-0.2, 0) is 6.54 Å². The molecule has 0 radical (unpaired) electrons. The summed E-state index contributed by atoms with van der Waals surface area (Å²) in [5.41, 5.74) is 4.27. The zero-order valence-electron chi connectivity index (χ0n) is 17.3. The molecule has 1 aliphatic heterocycles. The summed E-state index contributed by atoms with van der Waals surface area (Å²) in [4.78, 5) is 29.2. The zero-order chi connectivity index (χ0) is 21.8. The first-order chi connectivity index (χ1) is 15.0. The van der Waals surface area contributed by atoms with E-state index in [1.165, 1.54) is 0 Å². The van der Waals surface area contributed by atoms with E-state index in [-0.39, 0.29) is 11.9 Å². The van der Waals surface area contributed by atoms with Gasteiger partial charge in [0.1, 0.15) is 0 Å². The topological polar surface area (TPSA) is 52.7 Å². The Hall–Kier alpha value is -3.31. The second-order valence-corrected chi connectivity index (χ2v) is 8.14. The molecule has 31 heavy (non-hydrogen) atoms. The second-order valence-electron chi connectivity index (χ2n) is 7.70. The number of rotatable bonds is 5. The highest BCUT2D eigenvalue weighted by Crippen LogP contribution is 2.23. The van der Waals surface area contributed by atoms with Crippen LogP contribution in [0.2, 0.25) is 5.02 Å². The Labute approximate surface area is 187 Å². The summed E-state index contributed by atoms with van der Waals surface area (Å²) < 4.78 is 0. The minimum atomic E-state index is -0.176. The van der Waals surface area contributed by atoms with E-state index in [4.69, 9.17) is 11.6 Å². The van der Waals surface area contributed by atoms with Gasteiger partial charge >= 0.3 is 6.03 Å². The van der Waals surface area contributed by atoms with Crippen molar-refractivity contribution in [1.29, 1.82) is 0 Å². The van der Waals surface area contributed by atoms with Gasteiger partial charge in [0.05, 0.1) is 0 Å². The molecule has 158 valence electrons. The number of urea groups is 1. The number of halogens is 1. The molecule has 0 saturated carbocycles. The molecule has 3 aromatic carbocycles. The Kier molecular flexibility index (Phi) is 6.23. The number of anilines is 2. The third kappa shape index (κ3) is 5.06. The lowest BCUT2D eigenvalue weighted by Crippen LogP contribution is -2.49. The molecule has 1 fully saturated rings. The quantitative estimate of drug-likeness (QED) is 0.558. The normalized spacial score (nSPS) is 13.9. The average molecular weight is 434 g/mol. The Morgan fingerprint density at radius 3 is 2.29 bits per heavy atom. The van der Waals surface area contributed by atoms with Crippen LogP contribution in [-0.4, -0.2) is 29.9 Å². The van der Waals surface area contributed by atoms with Gasteiger partial charge in [0.25, 0.3) is 5.91 Å². The SMILES string of the molecule is Cc1ccc(NC(=O)c2ccc(N3CCCN(Cc4ccc(Cl)cc4)C3=O)cc2)cc1. The van der Waals surface area contributed by atoms with Gasteiger partial charge in [0.2, 0.25) is 0 Å². The molecule has 0 bridgehead atoms. The number of carbonyl (C=O) groups is 2. The van der Waals surface area contributed by atoms with Crippen LogP contribution in [0.1, 0.15) is 27.9 Å². The number of aryl methyl sites for hydroxylation is 1. The molecule has 1 heterocycles. The maximum Gasteiger partial charge on any atom is 0.324 e. The van der Waals surface area contributed by atoms with E-state index in [1.807, 2.05) is 72.5 Å². The number of nitrogens with zero attached hydrogens (tertiary/aromatic N) is 2. The predicted molar refractivity (Wildman–Crippen MR) is 125 cm³/mol. The number of hydrogen-bond acceptors (Lipinski definition) is 2. The van der Waals surface area contributed by atoms with Crippen LogP contribution in [0.5, 0.6) is 0 Å². The molecule has 3 amide bonds. The largest absolute Gasteiger partial charge is 0.324 e. The highest BCUT2D eigenvalue weighted by molar-refractivity contribution is 6.30. The molecular weight excluding hydrogens is 410 g/mol. The molecular formula is C25H24ClN3O2. The average Bonchev–Trinajstić information content (AvgIpc) is 2.78. The molecule has 3 aromatic rings. The third-order valence-electron chi connectivity index (χ3n) is 5.35. The minimum absolute atomic E-state index is 0.0296. The van der Waals surface area contributed by atoms with Gasteiger partial charge in [-0.05, 0) is 67.4 Å². The van der Waals surface area contributed by atoms with E-state index in [1.54, 1.807) is 17.0 Å². The van der Waals surface area contributed by atoms with Crippen molar-refractivity contribution in [2.75, 3.05) is 23.3 Å². The maximum atomic E-state index is 13.0. The van der Waals surface area contributed by atoms with Crippen LogP contribution < -0.4 is 10.2 Å². The highest BCUT2D eigenvalue weighted by atomic mass is 35.5. The molecule has 6 heteroatoms. The Bertz CT molecular complexity index is 1060. The van der Waals surface area contributed by atoms with Gasteiger partial charge in [-0.15, -0.1) is 0 Å². The van der Waals surface area contributed by atoms with Crippen LogP contribution in [0.15, 0.2) is 72.8 Å². The summed E-state index contributed by atoms with van der Waals surface area (Å²) in [6, 6.07) is 22.4. The number of benzene rings is 3. The number of hydrogen-bond donors (Lipinski definition) is 1. The Balaban J connectivity index is 1.42. The Morgan fingerprint density at radius 1 is 0.935 bits per heavy atom. The molecule has 1 saturated heterocycles. The van der Waals surface area contributed by atoms with E-state index >= 15 is 0 Å². The van der Waals surface area contributed by atoms with Crippen LogP contribution in [0.4, 0.5) is 16.2 Å². The van der Waals surface area contributed by atoms with E-state index in [2.05, 4.69) is 5.32 Å². The van der Waals surface area contributed by atoms with Crippen LogP contribution >= 0.6 is 11.6 Å². The van der Waals surface area contributed by atoms with Crippen molar-refractivity contribution in [2.24, 2.45) is 0 Å². The van der Waals surface area contributed by atoms with Gasteiger partial charge in [-0.1, -0.05) is 41.4 Å². The van der Waals surface area contributed by atoms with Crippen LogP contribution in [0, 0.1) is 6.92 Å². The fourth-order valence-electron chi connectivity index (χ4n) is 3.61. The van der Waals surface area contributed by atoms with Crippen LogP contribution in [0.3, 0.4) is 0 Å². The fraction of sp³-hybridized carbons (Fsp3) is 0.200. The second kappa shape index (κ2) is 9.23. The molecule has 5 nitrogen and oxygen atoms in total. The molecule has 0 spiro atoms. The molecule has 0 aromatic heterocycles. The first kappa shape index (κ1) is 20.9. The summed E-state index contributed by atoms with van der Waals surface area (Å²) in [7, 11) is 0. The van der Waals surface area contributed by atoms with Gasteiger partial charge in [0, 0.05) is 41.6 Å². The van der Waals surface area contributed by atoms with Gasteiger partial charge in [-0.2, -0.15) is 0 Å². The number of amides is 3. The van der Waals surface area contributed by atoms with Gasteiger partial charge in [0.15, 0.2) is 0 Å². The monoisotopic (exact) mass is 433 g/mol. The van der Waals surface area contributed by atoms with Crippen LogP contribution in [0.25, 0.3) is 0 Å². The molecule has 4 rings (SSSR count). The summed E-state index contributed by atoms with van der Waals surface area (Å²) in [6.07, 6.45) is 0.884. The number of nitrogens with one attached hydrogen (secondary N) is 1. The summed E-state index contributed by atoms with van der Waals surface area (Å²) in [6.45, 7) is 3.92. The van der Waals surface area contributed by atoms with Crippen molar-refractivity contribution in [2.45, 2.75) is 19.9 Å². The van der Waals surface area contributed by atoms with Crippen molar-refractivity contribution in [3.05, 3.63) is 94.5 Å². The van der Waals surface area contributed by atoms with Crippen molar-refractivity contribution < 1.29 is 9.59 Å². The lowest BCUT2D eigenvalue weighted by molar-refractivity contribution is 0.102. The first-order valence-electron chi connectivity index (χ1n) is 10.3. The zero-order valence-corrected chi connectivity index (χ0v) is 18.1. The predicted octanol–water partition coefficient (Wildman–Crippen LogP) is 5.73. The van der Waals surface area contributed by atoms with Gasteiger partial charge in [-0.3, -0.25) is 9.69 Å². The smallest absolute Gasteiger partial charge is 0.322 e. The minimum Gasteiger partial charge on any atom is -0.322 e. The lowest BCUT2D eigenvalue weighted by Gasteiger charge is -2.35. The fourth-order valence-corrected chi connectivity index (χ4v) is 3.74. The van der Waals surface area contributed by atoms with E-state index in [9.17, 15) is 9.59 Å². The van der Waals surface area contributed by atoms with Crippen molar-refractivity contribution in [3.63, 3.8) is 0 Å². The van der Waals surface area contributed by atoms with Crippen molar-refractivity contribution >= 4 is 34.9 Å². The molecule has 1 aliphatic rings. The molecule has 0 unspecified atom stereocenters. The Morgan fingerprint density at radius 2 is 1.61 bits per heavy atom. The van der Waals surface area contributed by atoms with E-state index in [0.29, 0.717) is 23.7 Å². The van der Waals surface area contributed by atoms with Gasteiger partial charge in [-0.25, -0.2) is 4.79 Å². The summed E-state index contributed by atoms with van der Waals surface area (Å²) >= 11 is 5.96. The lowest BCUT2D eigenvalue weighted by atomic mass is 10.1. The number of carbonyl (C=O) groups excluding carboxylic acids is 2. The third-order valence-corrected chi connectivity index (χ3v) is 5.60. The maximum absolute atomic E-state index is 13.0. The molecule has 1 N–H and O–H groups in total. The standard InChI is InChI=1S/C25H24ClN3O2/c1-18-3-11-22(12-4-18)27-24(30)20-7-13-23(14-8-20)29-16-2-15-28(25(29)31)17-19-5-9-21(26)10-6-19/h3-14H,2,15-17H2,1H3,(H,27,30). The van der Waals surface area contributed by atoms with Crippen molar-refractivity contribution in [3.8, 4) is 0 Å². The molecule has 0 atom stereocenters. The molecule has 0 aliphatic carbocycles. The van der Waals surface area contributed by atoms with Gasteiger partial charge < -0.3 is 10.2 Å². The highest BCUT2D eigenvalue weighted by Gasteiger charge is 2.26. The first-order valence-corrected chi connectivity index (χ1v) is 10.7.